The molecule has 0 saturated heterocycles. The molecule has 1 fully saturated rings. The molecule has 3 rings (SSSR count). The summed E-state index contributed by atoms with van der Waals surface area (Å²) in [5.74, 6) is -1.08. The summed E-state index contributed by atoms with van der Waals surface area (Å²) in [6.45, 7) is -0.804. The molecule has 12 heteroatoms. The van der Waals surface area contributed by atoms with Crippen LogP contribution in [0.25, 0.3) is 0 Å². The average molecular weight is 417 g/mol. The predicted octanol–water partition coefficient (Wildman–Crippen LogP) is 3.34. The van der Waals surface area contributed by atoms with Crippen molar-refractivity contribution >= 4 is 28.9 Å². The van der Waals surface area contributed by atoms with Gasteiger partial charge in [-0.05, 0) is 25.0 Å². The number of benzene rings is 1. The van der Waals surface area contributed by atoms with E-state index < -0.39 is 34.7 Å². The van der Waals surface area contributed by atoms with E-state index in [1.54, 1.807) is 0 Å². The highest BCUT2D eigenvalue weighted by atomic mass is 35.5. The van der Waals surface area contributed by atoms with Crippen molar-refractivity contribution in [1.82, 2.24) is 9.78 Å². The number of carbonyl (C=O) groups is 1. The normalized spacial score (nSPS) is 14.0. The minimum Gasteiger partial charge on any atom is -0.323 e. The van der Waals surface area contributed by atoms with Gasteiger partial charge in [0.1, 0.15) is 12.1 Å². The monoisotopic (exact) mass is 416 g/mol. The van der Waals surface area contributed by atoms with Crippen LogP contribution in [0.3, 0.4) is 0 Å². The summed E-state index contributed by atoms with van der Waals surface area (Å²) >= 11 is 5.87. The van der Waals surface area contributed by atoms with E-state index in [-0.39, 0.29) is 28.0 Å². The van der Waals surface area contributed by atoms with Crippen LogP contribution in [0.15, 0.2) is 29.1 Å². The first-order valence-corrected chi connectivity index (χ1v) is 8.37. The molecule has 0 aliphatic heterocycles. The first kappa shape index (κ1) is 19.8. The Morgan fingerprint density at radius 1 is 1.36 bits per heavy atom. The average Bonchev–Trinajstić information content (AvgIpc) is 3.42. The van der Waals surface area contributed by atoms with Gasteiger partial charge in [0, 0.05) is 18.1 Å². The second-order valence-electron chi connectivity index (χ2n) is 6.19. The van der Waals surface area contributed by atoms with E-state index >= 15 is 0 Å². The Morgan fingerprint density at radius 3 is 2.61 bits per heavy atom. The number of anilines is 1. The zero-order chi connectivity index (χ0) is 20.6. The molecule has 8 nitrogen and oxygen atoms in total. The number of hydrogen-bond acceptors (Lipinski definition) is 5. The fourth-order valence-corrected chi connectivity index (χ4v) is 2.66. The number of nitro benzene ring substituents is 1. The Morgan fingerprint density at radius 2 is 2.04 bits per heavy atom. The van der Waals surface area contributed by atoms with Gasteiger partial charge < -0.3 is 5.32 Å². The molecule has 1 aromatic carbocycles. The Kier molecular flexibility index (Phi) is 5.11. The maximum absolute atomic E-state index is 13.1. The van der Waals surface area contributed by atoms with Crippen LogP contribution in [0.2, 0.25) is 5.02 Å². The minimum atomic E-state index is -4.88. The number of non-ortho nitro benzene ring substituents is 1. The van der Waals surface area contributed by atoms with Gasteiger partial charge in [-0.1, -0.05) is 11.6 Å². The molecular weight excluding hydrogens is 405 g/mol. The zero-order valence-electron chi connectivity index (χ0n) is 14.0. The number of aromatic nitrogens is 2. The van der Waals surface area contributed by atoms with E-state index in [9.17, 15) is 32.9 Å². The summed E-state index contributed by atoms with van der Waals surface area (Å²) in [4.78, 5) is 34.4. The number of carbonyl (C=O) groups excluding carboxylic acids is 1. The van der Waals surface area contributed by atoms with Gasteiger partial charge in [0.15, 0.2) is 0 Å². The third kappa shape index (κ3) is 4.30. The van der Waals surface area contributed by atoms with Crippen molar-refractivity contribution in [3.63, 3.8) is 0 Å². The fourth-order valence-electron chi connectivity index (χ4n) is 2.50. The lowest BCUT2D eigenvalue weighted by Gasteiger charge is -2.13. The molecule has 0 unspecified atom stereocenters. The van der Waals surface area contributed by atoms with Crippen LogP contribution in [-0.4, -0.2) is 20.6 Å². The smallest absolute Gasteiger partial charge is 0.323 e. The van der Waals surface area contributed by atoms with Crippen molar-refractivity contribution in [2.75, 3.05) is 5.32 Å². The molecule has 1 N–H and O–H groups in total. The minimum absolute atomic E-state index is 0.0121. The van der Waals surface area contributed by atoms with Crippen LogP contribution in [0.5, 0.6) is 0 Å². The van der Waals surface area contributed by atoms with Crippen molar-refractivity contribution < 1.29 is 22.9 Å². The molecule has 28 heavy (non-hydrogen) atoms. The number of nitrogens with zero attached hydrogens (tertiary/aromatic N) is 3. The molecule has 1 aliphatic carbocycles. The molecule has 0 spiro atoms. The van der Waals surface area contributed by atoms with Crippen LogP contribution in [0.4, 0.5) is 24.5 Å². The van der Waals surface area contributed by atoms with Crippen LogP contribution in [0, 0.1) is 10.1 Å². The summed E-state index contributed by atoms with van der Waals surface area (Å²) in [7, 11) is 0. The lowest BCUT2D eigenvalue weighted by atomic mass is 10.2. The zero-order valence-corrected chi connectivity index (χ0v) is 14.8. The number of amides is 1. The topological polar surface area (TPSA) is 107 Å². The molecule has 2 aromatic rings. The van der Waals surface area contributed by atoms with Gasteiger partial charge in [0.05, 0.1) is 21.3 Å². The lowest BCUT2D eigenvalue weighted by Crippen LogP contribution is -2.35. The predicted molar refractivity (Wildman–Crippen MR) is 92.2 cm³/mol. The summed E-state index contributed by atoms with van der Waals surface area (Å²) in [6, 6.07) is 4.03. The molecule has 1 amide bonds. The third-order valence-electron chi connectivity index (χ3n) is 4.02. The van der Waals surface area contributed by atoms with Crippen LogP contribution >= 0.6 is 11.6 Å². The van der Waals surface area contributed by atoms with Gasteiger partial charge >= 0.3 is 6.18 Å². The van der Waals surface area contributed by atoms with Crippen molar-refractivity contribution in [1.29, 1.82) is 0 Å². The molecule has 0 bridgehead atoms. The lowest BCUT2D eigenvalue weighted by molar-refractivity contribution is -0.384. The van der Waals surface area contributed by atoms with Crippen molar-refractivity contribution in [3.05, 3.63) is 61.0 Å². The first-order valence-electron chi connectivity index (χ1n) is 7.99. The van der Waals surface area contributed by atoms with Gasteiger partial charge in [-0.2, -0.15) is 18.3 Å². The molecule has 0 atom stereocenters. The fraction of sp³-hybridized carbons (Fsp3) is 0.312. The highest BCUT2D eigenvalue weighted by molar-refractivity contribution is 6.33. The maximum atomic E-state index is 13.1. The van der Waals surface area contributed by atoms with Crippen molar-refractivity contribution in [2.45, 2.75) is 31.5 Å². The van der Waals surface area contributed by atoms with E-state index in [4.69, 9.17) is 11.6 Å². The Balaban J connectivity index is 1.88. The summed E-state index contributed by atoms with van der Waals surface area (Å²) in [5, 5.41) is 16.9. The van der Waals surface area contributed by atoms with Gasteiger partial charge in [-0.3, -0.25) is 19.7 Å². The molecule has 148 valence electrons. The summed E-state index contributed by atoms with van der Waals surface area (Å²) < 4.78 is 39.8. The first-order chi connectivity index (χ1) is 13.1. The number of rotatable bonds is 5. The molecule has 0 radical (unpaired) electrons. The number of halogens is 4. The molecule has 1 aliphatic rings. The van der Waals surface area contributed by atoms with Crippen LogP contribution in [0.1, 0.15) is 30.0 Å². The van der Waals surface area contributed by atoms with Crippen LogP contribution < -0.4 is 10.9 Å². The summed E-state index contributed by atoms with van der Waals surface area (Å²) in [6.07, 6.45) is -3.58. The van der Waals surface area contributed by atoms with Crippen molar-refractivity contribution in [3.8, 4) is 0 Å². The van der Waals surface area contributed by atoms with E-state index in [2.05, 4.69) is 10.4 Å². The summed E-state index contributed by atoms with van der Waals surface area (Å²) in [5.41, 5.74) is -3.20. The number of nitro groups is 1. The van der Waals surface area contributed by atoms with E-state index in [1.807, 2.05) is 0 Å². The van der Waals surface area contributed by atoms with Crippen LogP contribution in [-0.2, 0) is 17.5 Å². The van der Waals surface area contributed by atoms with Gasteiger partial charge in [0.25, 0.3) is 11.2 Å². The maximum Gasteiger partial charge on any atom is 0.421 e. The number of alkyl halides is 3. The van der Waals surface area contributed by atoms with E-state index in [1.165, 1.54) is 6.07 Å². The van der Waals surface area contributed by atoms with E-state index in [0.717, 1.165) is 12.1 Å². The number of nitrogens with one attached hydrogen (secondary N) is 1. The Bertz CT molecular complexity index is 1020. The molecule has 1 saturated carbocycles. The SMILES string of the molecule is O=C(Cn1nc(C2CC2)cc(C(F)(F)F)c1=O)Nc1cc([N+](=O)[O-])ccc1Cl. The van der Waals surface area contributed by atoms with Gasteiger partial charge in [-0.25, -0.2) is 4.68 Å². The largest absolute Gasteiger partial charge is 0.421 e. The number of hydrogen-bond donors (Lipinski definition) is 1. The van der Waals surface area contributed by atoms with Crippen molar-refractivity contribution in [2.24, 2.45) is 0 Å². The highest BCUT2D eigenvalue weighted by Crippen LogP contribution is 2.40. The standard InChI is InChI=1S/C16H12ClF3N4O4/c17-11-4-3-9(24(27)28)5-13(11)21-14(25)7-23-15(26)10(16(18,19)20)6-12(22-23)8-1-2-8/h3-6,8H,1-2,7H2,(H,21,25). The quantitative estimate of drug-likeness (QED) is 0.594. The second kappa shape index (κ2) is 7.23. The van der Waals surface area contributed by atoms with Gasteiger partial charge in [0.2, 0.25) is 5.91 Å². The Hall–Kier alpha value is -2.95. The highest BCUT2D eigenvalue weighted by Gasteiger charge is 2.37. The molecule has 1 aromatic heterocycles. The van der Waals surface area contributed by atoms with Gasteiger partial charge in [-0.15, -0.1) is 0 Å². The van der Waals surface area contributed by atoms with E-state index in [0.29, 0.717) is 23.6 Å². The molecular formula is C16H12ClF3N4O4. The molecule has 1 heterocycles. The third-order valence-corrected chi connectivity index (χ3v) is 4.35. The second-order valence-corrected chi connectivity index (χ2v) is 6.59. The Labute approximate surface area is 160 Å².